The van der Waals surface area contributed by atoms with Crippen molar-refractivity contribution in [3.8, 4) is 16.9 Å². The van der Waals surface area contributed by atoms with Crippen LogP contribution in [0.5, 0.6) is 10.8 Å². The van der Waals surface area contributed by atoms with Gasteiger partial charge in [-0.25, -0.2) is 0 Å². The van der Waals surface area contributed by atoms with E-state index in [9.17, 15) is 0 Å². The van der Waals surface area contributed by atoms with Crippen molar-refractivity contribution in [2.75, 3.05) is 0 Å². The third-order valence-electron chi connectivity index (χ3n) is 1.76. The molecule has 0 amide bonds. The van der Waals surface area contributed by atoms with Crippen LogP contribution in [0.2, 0.25) is 5.15 Å². The van der Waals surface area contributed by atoms with Crippen LogP contribution in [0.3, 0.4) is 0 Å². The second kappa shape index (κ2) is 4.99. The van der Waals surface area contributed by atoms with Crippen LogP contribution >= 0.6 is 45.7 Å². The highest BCUT2D eigenvalue weighted by Crippen LogP contribution is 2.33. The van der Waals surface area contributed by atoms with Gasteiger partial charge in [0, 0.05) is 15.1 Å². The first kappa shape index (κ1) is 11.6. The third kappa shape index (κ3) is 2.45. The summed E-state index contributed by atoms with van der Waals surface area (Å²) >= 11 is 9.01. The van der Waals surface area contributed by atoms with Gasteiger partial charge in [0.2, 0.25) is 5.06 Å². The molecule has 0 fully saturated rings. The fourth-order valence-electron chi connectivity index (χ4n) is 1.03. The molecular weight excluding hydrogens is 359 g/mol. The lowest BCUT2D eigenvalue weighted by Crippen LogP contribution is -1.83. The summed E-state index contributed by atoms with van der Waals surface area (Å²) in [7, 11) is 0. The number of hydrogen-bond donors (Lipinski definition) is 0. The van der Waals surface area contributed by atoms with E-state index in [0.717, 1.165) is 15.1 Å². The summed E-state index contributed by atoms with van der Waals surface area (Å²) in [6, 6.07) is 9.47. The first-order chi connectivity index (χ1) is 7.70. The first-order valence-corrected chi connectivity index (χ1v) is 6.42. The summed E-state index contributed by atoms with van der Waals surface area (Å²) in [6.07, 6.45) is 0. The normalized spacial score (nSPS) is 9.81. The maximum Gasteiger partial charge on any atom is 0.219 e. The molecule has 0 saturated carbocycles. The maximum absolute atomic E-state index is 8.86. The van der Waals surface area contributed by atoms with Crippen LogP contribution in [0.1, 0.15) is 5.56 Å². The molecule has 0 saturated heterocycles. The summed E-state index contributed by atoms with van der Waals surface area (Å²) in [6.45, 7) is 0. The zero-order valence-electron chi connectivity index (χ0n) is 7.78. The Kier molecular flexibility index (Phi) is 3.63. The molecule has 16 heavy (non-hydrogen) atoms. The number of rotatable bonds is 2. The highest BCUT2D eigenvalue weighted by molar-refractivity contribution is 14.1. The number of halogens is 2. The molecule has 0 N–H and O–H groups in total. The average molecular weight is 363 g/mol. The van der Waals surface area contributed by atoms with Crippen LogP contribution in [0.4, 0.5) is 0 Å². The quantitative estimate of drug-likeness (QED) is 0.757. The Morgan fingerprint density at radius 3 is 2.69 bits per heavy atom. The first-order valence-electron chi connectivity index (χ1n) is 4.19. The summed E-state index contributed by atoms with van der Waals surface area (Å²) in [4.78, 5) is 0. The number of nitriles is 1. The van der Waals surface area contributed by atoms with Crippen molar-refractivity contribution in [1.29, 1.82) is 5.26 Å². The molecule has 6 heteroatoms. The van der Waals surface area contributed by atoms with Crippen LogP contribution < -0.4 is 4.74 Å². The van der Waals surface area contributed by atoms with Crippen LogP contribution in [-0.2, 0) is 0 Å². The van der Waals surface area contributed by atoms with Crippen molar-refractivity contribution in [3.05, 3.63) is 38.6 Å². The van der Waals surface area contributed by atoms with E-state index in [1.54, 1.807) is 0 Å². The zero-order chi connectivity index (χ0) is 11.5. The maximum atomic E-state index is 8.86. The number of aromatic nitrogens is 1. The predicted octanol–water partition coefficient (Wildman–Crippen LogP) is 4.07. The highest BCUT2D eigenvalue weighted by Gasteiger charge is 2.13. The van der Waals surface area contributed by atoms with Gasteiger partial charge in [0.25, 0.3) is 0 Å². The average Bonchev–Trinajstić information content (AvgIpc) is 2.63. The van der Waals surface area contributed by atoms with Gasteiger partial charge >= 0.3 is 0 Å². The molecule has 1 aromatic heterocycles. The Labute approximate surface area is 115 Å². The fraction of sp³-hybridized carbons (Fsp3) is 0. The number of nitrogens with zero attached hydrogens (tertiary/aromatic N) is 2. The standard InChI is InChI=1S/C10H4ClIN2OS/c11-9-8(5-13)10(16-14-9)15-7-3-1-6(12)2-4-7/h1-4H. The monoisotopic (exact) mass is 362 g/mol. The van der Waals surface area contributed by atoms with E-state index in [4.69, 9.17) is 21.6 Å². The summed E-state index contributed by atoms with van der Waals surface area (Å²) in [5.41, 5.74) is 0.283. The van der Waals surface area contributed by atoms with Crippen molar-refractivity contribution in [1.82, 2.24) is 4.37 Å². The summed E-state index contributed by atoms with van der Waals surface area (Å²) < 4.78 is 10.5. The predicted molar refractivity (Wildman–Crippen MR) is 71.1 cm³/mol. The van der Waals surface area contributed by atoms with Gasteiger partial charge < -0.3 is 4.74 Å². The van der Waals surface area contributed by atoms with E-state index in [-0.39, 0.29) is 10.7 Å². The molecule has 0 spiro atoms. The minimum absolute atomic E-state index is 0.188. The molecule has 2 rings (SSSR count). The molecule has 0 aliphatic heterocycles. The second-order valence-electron chi connectivity index (χ2n) is 2.80. The van der Waals surface area contributed by atoms with Gasteiger partial charge in [0.05, 0.1) is 0 Å². The number of hydrogen-bond acceptors (Lipinski definition) is 4. The van der Waals surface area contributed by atoms with Gasteiger partial charge in [-0.3, -0.25) is 0 Å². The van der Waals surface area contributed by atoms with Crippen LogP contribution in [-0.4, -0.2) is 4.37 Å². The Morgan fingerprint density at radius 2 is 2.06 bits per heavy atom. The molecule has 2 aromatic rings. The third-order valence-corrected chi connectivity index (χ3v) is 3.58. The molecule has 0 radical (unpaired) electrons. The number of ether oxygens (including phenoxy) is 1. The fourth-order valence-corrected chi connectivity index (χ4v) is 2.30. The Balaban J connectivity index is 2.27. The van der Waals surface area contributed by atoms with Gasteiger partial charge in [-0.1, -0.05) is 11.6 Å². The lowest BCUT2D eigenvalue weighted by molar-refractivity contribution is 0.495. The molecule has 1 aromatic carbocycles. The second-order valence-corrected chi connectivity index (χ2v) is 5.14. The highest BCUT2D eigenvalue weighted by atomic mass is 127. The molecule has 0 atom stereocenters. The molecule has 1 heterocycles. The van der Waals surface area contributed by atoms with Crippen molar-refractivity contribution in [3.63, 3.8) is 0 Å². The molecule has 3 nitrogen and oxygen atoms in total. The zero-order valence-corrected chi connectivity index (χ0v) is 11.5. The molecule has 0 bridgehead atoms. The smallest absolute Gasteiger partial charge is 0.219 e. The van der Waals surface area contributed by atoms with E-state index in [0.29, 0.717) is 10.8 Å². The lowest BCUT2D eigenvalue weighted by Gasteiger charge is -2.02. The largest absolute Gasteiger partial charge is 0.444 e. The van der Waals surface area contributed by atoms with E-state index >= 15 is 0 Å². The van der Waals surface area contributed by atoms with E-state index in [1.807, 2.05) is 30.3 Å². The Morgan fingerprint density at radius 1 is 1.38 bits per heavy atom. The van der Waals surface area contributed by atoms with Gasteiger partial charge in [-0.2, -0.15) is 9.64 Å². The van der Waals surface area contributed by atoms with E-state index in [2.05, 4.69) is 27.0 Å². The van der Waals surface area contributed by atoms with Gasteiger partial charge in [0.1, 0.15) is 17.4 Å². The van der Waals surface area contributed by atoms with Gasteiger partial charge in [0.15, 0.2) is 5.15 Å². The molecule has 0 aliphatic carbocycles. The van der Waals surface area contributed by atoms with Gasteiger partial charge in [-0.15, -0.1) is 0 Å². The molecule has 80 valence electrons. The number of benzene rings is 1. The molecule has 0 aliphatic rings. The van der Waals surface area contributed by atoms with E-state index < -0.39 is 0 Å². The van der Waals surface area contributed by atoms with Crippen LogP contribution in [0.25, 0.3) is 0 Å². The molecular formula is C10H4ClIN2OS. The Bertz CT molecular complexity index is 547. The summed E-state index contributed by atoms with van der Waals surface area (Å²) in [5.74, 6) is 0.664. The topological polar surface area (TPSA) is 45.9 Å². The Hall–Kier alpha value is -0.840. The molecule has 0 unspecified atom stereocenters. The lowest BCUT2D eigenvalue weighted by atomic mass is 10.3. The van der Waals surface area contributed by atoms with Crippen molar-refractivity contribution in [2.24, 2.45) is 0 Å². The minimum atomic E-state index is 0.188. The van der Waals surface area contributed by atoms with Crippen LogP contribution in [0, 0.1) is 14.9 Å². The summed E-state index contributed by atoms with van der Waals surface area (Å²) in [5, 5.41) is 9.47. The SMILES string of the molecule is N#Cc1c(Cl)nsc1Oc1ccc(I)cc1. The van der Waals surface area contributed by atoms with Crippen molar-refractivity contribution >= 4 is 45.7 Å². The van der Waals surface area contributed by atoms with Crippen molar-refractivity contribution < 1.29 is 4.74 Å². The van der Waals surface area contributed by atoms with E-state index in [1.165, 1.54) is 0 Å². The van der Waals surface area contributed by atoms with Gasteiger partial charge in [-0.05, 0) is 46.9 Å². The van der Waals surface area contributed by atoms with Crippen LogP contribution in [0.15, 0.2) is 24.3 Å². The minimum Gasteiger partial charge on any atom is -0.444 e. The van der Waals surface area contributed by atoms with Crippen molar-refractivity contribution in [2.45, 2.75) is 0 Å².